The average molecular weight is 526 g/mol. The van der Waals surface area contributed by atoms with Gasteiger partial charge >= 0.3 is 6.18 Å². The van der Waals surface area contributed by atoms with Crippen molar-refractivity contribution >= 4 is 5.78 Å². The predicted octanol–water partition coefficient (Wildman–Crippen LogP) is 6.50. The van der Waals surface area contributed by atoms with Crippen LogP contribution >= 0.6 is 0 Å². The molecule has 3 aliphatic heterocycles. The molecule has 1 aromatic carbocycles. The van der Waals surface area contributed by atoms with Gasteiger partial charge in [0, 0.05) is 38.4 Å². The molecule has 3 atom stereocenters. The fourth-order valence-corrected chi connectivity index (χ4v) is 5.74. The van der Waals surface area contributed by atoms with Gasteiger partial charge in [0.1, 0.15) is 0 Å². The van der Waals surface area contributed by atoms with E-state index < -0.39 is 18.8 Å². The van der Waals surface area contributed by atoms with E-state index in [0.717, 1.165) is 49.3 Å². The van der Waals surface area contributed by atoms with Crippen LogP contribution < -0.4 is 5.32 Å². The number of carbonyl (C=O) groups excluding carboxylic acids is 1. The van der Waals surface area contributed by atoms with Crippen molar-refractivity contribution in [2.75, 3.05) is 39.4 Å². The van der Waals surface area contributed by atoms with Crippen molar-refractivity contribution in [3.63, 3.8) is 0 Å². The van der Waals surface area contributed by atoms with Gasteiger partial charge in [0.15, 0.2) is 5.78 Å². The molecule has 0 aromatic heterocycles. The summed E-state index contributed by atoms with van der Waals surface area (Å²) in [5, 5.41) is 3.43. The second-order valence-electron chi connectivity index (χ2n) is 10.2. The standard InChI is InChI=1S/C27H35F4N3O.C2H6.H2/c1-18-12-23-14-22(19(2)35)5-6-24(23)26(34(18)17-27(29,30)31)25-7-4-20(15-32-25)13-21-8-11-33(16-21)10-3-9-28;1-2;/h4-7,14,18,21,26,32H,3,8-13,15-17H2,1-2H3;1-2H3;1H/t18-,21-,26+;;/m1../s1. The van der Waals surface area contributed by atoms with Crippen LogP contribution in [0.5, 0.6) is 0 Å². The van der Waals surface area contributed by atoms with Crippen molar-refractivity contribution in [1.82, 2.24) is 15.1 Å². The number of nitrogens with zero attached hydrogens (tertiary/aromatic N) is 2. The maximum absolute atomic E-state index is 13.5. The molecule has 0 radical (unpaired) electrons. The Balaban J connectivity index is 0.00000165. The highest BCUT2D eigenvalue weighted by molar-refractivity contribution is 5.94. The number of alkyl halides is 4. The number of likely N-dealkylation sites (tertiary alicyclic amines) is 1. The van der Waals surface area contributed by atoms with Gasteiger partial charge in [0.2, 0.25) is 0 Å². The molecule has 0 spiro atoms. The lowest BCUT2D eigenvalue weighted by molar-refractivity contribution is -0.155. The Labute approximate surface area is 220 Å². The summed E-state index contributed by atoms with van der Waals surface area (Å²) in [7, 11) is 0. The Bertz CT molecular complexity index is 995. The van der Waals surface area contributed by atoms with Crippen LogP contribution in [0.25, 0.3) is 0 Å². The molecule has 1 N–H and O–H groups in total. The van der Waals surface area contributed by atoms with Crippen molar-refractivity contribution < 1.29 is 23.8 Å². The fourth-order valence-electron chi connectivity index (χ4n) is 5.74. The van der Waals surface area contributed by atoms with Crippen molar-refractivity contribution in [3.05, 3.63) is 58.3 Å². The number of nitrogens with one attached hydrogen (secondary N) is 1. The third-order valence-corrected chi connectivity index (χ3v) is 7.46. The number of ketones is 1. The van der Waals surface area contributed by atoms with Crippen LogP contribution in [0.4, 0.5) is 17.6 Å². The minimum Gasteiger partial charge on any atom is -0.383 e. The fraction of sp³-hybridized carbons (Fsp3) is 0.621. The number of benzene rings is 1. The molecule has 8 heteroatoms. The van der Waals surface area contributed by atoms with Crippen LogP contribution in [0.3, 0.4) is 0 Å². The highest BCUT2D eigenvalue weighted by atomic mass is 19.4. The molecule has 4 rings (SSSR count). The molecule has 37 heavy (non-hydrogen) atoms. The van der Waals surface area contributed by atoms with Gasteiger partial charge in [-0.3, -0.25) is 14.1 Å². The lowest BCUT2D eigenvalue weighted by Crippen LogP contribution is -2.49. The van der Waals surface area contributed by atoms with Gasteiger partial charge in [-0.1, -0.05) is 37.6 Å². The summed E-state index contributed by atoms with van der Waals surface area (Å²) in [4.78, 5) is 15.7. The number of fused-ring (bicyclic) bond motifs is 1. The smallest absolute Gasteiger partial charge is 0.383 e. The molecule has 4 nitrogen and oxygen atoms in total. The van der Waals surface area contributed by atoms with Gasteiger partial charge in [-0.15, -0.1) is 0 Å². The quantitative estimate of drug-likeness (QED) is 0.311. The summed E-state index contributed by atoms with van der Waals surface area (Å²) in [5.41, 5.74) is 4.35. The van der Waals surface area contributed by atoms with Gasteiger partial charge in [-0.05, 0) is 75.3 Å². The van der Waals surface area contributed by atoms with Crippen molar-refractivity contribution in [3.8, 4) is 0 Å². The van der Waals surface area contributed by atoms with E-state index in [9.17, 15) is 22.4 Å². The largest absolute Gasteiger partial charge is 0.401 e. The zero-order valence-electron chi connectivity index (χ0n) is 22.5. The third kappa shape index (κ3) is 7.66. The average Bonchev–Trinajstić information content (AvgIpc) is 3.31. The molecule has 0 bridgehead atoms. The minimum atomic E-state index is -4.31. The molecule has 1 saturated heterocycles. The van der Waals surface area contributed by atoms with Gasteiger partial charge in [-0.25, -0.2) is 0 Å². The Kier molecular flexibility index (Phi) is 10.4. The first kappa shape index (κ1) is 29.4. The number of halogens is 4. The normalized spacial score (nSPS) is 24.4. The van der Waals surface area contributed by atoms with E-state index in [1.54, 1.807) is 6.07 Å². The lowest BCUT2D eigenvalue weighted by Gasteiger charge is -2.44. The zero-order valence-corrected chi connectivity index (χ0v) is 22.5. The number of rotatable bonds is 8. The topological polar surface area (TPSA) is 35.6 Å². The lowest BCUT2D eigenvalue weighted by atomic mass is 9.84. The maximum atomic E-state index is 13.5. The number of hydrogen-bond acceptors (Lipinski definition) is 4. The highest BCUT2D eigenvalue weighted by Crippen LogP contribution is 2.40. The maximum Gasteiger partial charge on any atom is 0.401 e. The van der Waals surface area contributed by atoms with E-state index in [1.165, 1.54) is 17.4 Å². The molecule has 0 amide bonds. The van der Waals surface area contributed by atoms with Crippen molar-refractivity contribution in [2.24, 2.45) is 5.92 Å². The minimum absolute atomic E-state index is 0. The molecule has 1 aromatic rings. The van der Waals surface area contributed by atoms with E-state index >= 15 is 0 Å². The van der Waals surface area contributed by atoms with Crippen LogP contribution in [0.2, 0.25) is 0 Å². The molecule has 0 aliphatic carbocycles. The van der Waals surface area contributed by atoms with E-state index in [-0.39, 0.29) is 19.9 Å². The first-order chi connectivity index (χ1) is 17.6. The summed E-state index contributed by atoms with van der Waals surface area (Å²) >= 11 is 0. The first-order valence-electron chi connectivity index (χ1n) is 13.5. The van der Waals surface area contributed by atoms with E-state index in [2.05, 4.69) is 16.3 Å². The second kappa shape index (κ2) is 13.1. The van der Waals surface area contributed by atoms with Gasteiger partial charge in [0.25, 0.3) is 0 Å². The zero-order chi connectivity index (χ0) is 27.2. The number of dihydropyridines is 1. The molecular weight excluding hydrogens is 482 g/mol. The molecular formula is C29H43F4N3O. The highest BCUT2D eigenvalue weighted by Gasteiger charge is 2.41. The van der Waals surface area contributed by atoms with Crippen LogP contribution in [-0.4, -0.2) is 67.2 Å². The van der Waals surface area contributed by atoms with Crippen LogP contribution in [0.15, 0.2) is 41.6 Å². The van der Waals surface area contributed by atoms with E-state index in [4.69, 9.17) is 0 Å². The molecule has 3 heterocycles. The molecule has 208 valence electrons. The van der Waals surface area contributed by atoms with Gasteiger partial charge in [-0.2, -0.15) is 13.2 Å². The predicted molar refractivity (Wildman–Crippen MR) is 143 cm³/mol. The monoisotopic (exact) mass is 525 g/mol. The molecule has 0 saturated carbocycles. The SMILES string of the molecule is CC.CC(=O)c1ccc2c(c1)C[C@@H](C)N(CC(F)(F)F)[C@@H]2C1=CC=C(C[C@H]2CCN(CCCF)C2)CN1.[HH]. The molecule has 3 aliphatic rings. The molecule has 1 fully saturated rings. The van der Waals surface area contributed by atoms with E-state index in [0.29, 0.717) is 30.9 Å². The summed E-state index contributed by atoms with van der Waals surface area (Å²) in [6.07, 6.45) is 2.76. The van der Waals surface area contributed by atoms with Crippen LogP contribution in [0.1, 0.15) is 75.9 Å². The first-order valence-corrected chi connectivity index (χ1v) is 13.5. The third-order valence-electron chi connectivity index (χ3n) is 7.46. The molecule has 0 unspecified atom stereocenters. The summed E-state index contributed by atoms with van der Waals surface area (Å²) in [6.45, 7) is 9.43. The van der Waals surface area contributed by atoms with Gasteiger partial charge in [0.05, 0.1) is 19.3 Å². The van der Waals surface area contributed by atoms with Crippen LogP contribution in [0, 0.1) is 5.92 Å². The Hall–Kier alpha value is -2.19. The number of hydrogen-bond donors (Lipinski definition) is 1. The summed E-state index contributed by atoms with van der Waals surface area (Å²) in [6, 6.07) is 4.51. The second-order valence-corrected chi connectivity index (χ2v) is 10.2. The number of carbonyl (C=O) groups is 1. The number of allylic oxidation sites excluding steroid dienone is 2. The Morgan fingerprint density at radius 2 is 1.97 bits per heavy atom. The Morgan fingerprint density at radius 1 is 1.22 bits per heavy atom. The summed E-state index contributed by atoms with van der Waals surface area (Å²) < 4.78 is 53.1. The number of Topliss-reactive ketones (excluding diaryl/α,β-unsaturated/α-hetero) is 1. The summed E-state index contributed by atoms with van der Waals surface area (Å²) in [5.74, 6) is 0.479. The van der Waals surface area contributed by atoms with E-state index in [1.807, 2.05) is 39.0 Å². The van der Waals surface area contributed by atoms with Crippen molar-refractivity contribution in [1.29, 1.82) is 0 Å². The van der Waals surface area contributed by atoms with Gasteiger partial charge < -0.3 is 10.2 Å². The van der Waals surface area contributed by atoms with Crippen molar-refractivity contribution in [2.45, 2.75) is 71.6 Å². The van der Waals surface area contributed by atoms with Crippen LogP contribution in [-0.2, 0) is 6.42 Å². The Morgan fingerprint density at radius 3 is 2.59 bits per heavy atom.